The smallest absolute Gasteiger partial charge is 0.243 e. The number of benzene rings is 9. The fraction of sp³-hybridized carbons (Fsp3) is 0. The van der Waals surface area contributed by atoms with E-state index in [1.54, 1.807) is 0 Å². The lowest BCUT2D eigenvalue weighted by atomic mass is 9.36. The van der Waals surface area contributed by atoms with Crippen LogP contribution < -0.4 is 15.3 Å². The number of pyridine rings is 1. The highest BCUT2D eigenvalue weighted by Crippen LogP contribution is 2.46. The summed E-state index contributed by atoms with van der Waals surface area (Å²) in [6, 6.07) is 91.1. The Morgan fingerprint density at radius 1 is 0.494 bits per heavy atom. The third-order valence-electron chi connectivity index (χ3n) is 15.1. The van der Waals surface area contributed by atoms with E-state index < -0.39 is 0 Å². The van der Waals surface area contributed by atoms with Crippen LogP contribution in [0.1, 0.15) is 11.3 Å². The number of anilines is 3. The lowest BCUT2D eigenvalue weighted by Gasteiger charge is -2.42. The zero-order chi connectivity index (χ0) is 51.2. The summed E-state index contributed by atoms with van der Waals surface area (Å²) in [5.41, 5.74) is 19.3. The van der Waals surface area contributed by atoms with E-state index in [4.69, 9.17) is 4.98 Å². The molecule has 5 heterocycles. The maximum Gasteiger partial charge on any atom is 0.243 e. The fourth-order valence-corrected chi connectivity index (χ4v) is 11.7. The lowest BCUT2D eigenvalue weighted by Crippen LogP contribution is -2.47. The fourth-order valence-electron chi connectivity index (χ4n) is 11.7. The molecular weight excluding hydrogens is 934 g/mol. The Balaban J connectivity index is 1.07. The van der Waals surface area contributed by atoms with Gasteiger partial charge in [0.05, 0.1) is 39.2 Å². The number of nitrogens with zero attached hydrogens (tertiary/aromatic N) is 5. The molecule has 362 valence electrons. The Kier molecular flexibility index (Phi) is 11.4. The second-order valence-electron chi connectivity index (χ2n) is 19.6. The van der Waals surface area contributed by atoms with Gasteiger partial charge in [-0.25, -0.2) is 4.98 Å². The predicted octanol–water partition coefficient (Wildman–Crippen LogP) is 17.0. The Bertz CT molecular complexity index is 4300. The summed E-state index contributed by atoms with van der Waals surface area (Å²) >= 11 is 0. The lowest BCUT2D eigenvalue weighted by molar-refractivity contribution is 1.12. The van der Waals surface area contributed by atoms with Gasteiger partial charge in [-0.15, -0.1) is 0 Å². The molecule has 0 N–H and O–H groups in total. The predicted molar refractivity (Wildman–Crippen MR) is 326 cm³/mol. The Morgan fingerprint density at radius 2 is 1.04 bits per heavy atom. The third-order valence-corrected chi connectivity index (χ3v) is 15.1. The van der Waals surface area contributed by atoms with Gasteiger partial charge in [0, 0.05) is 73.0 Å². The standard InChI is InChI=1S/C71H50BN5/c1-2-53(75-66-38-19-15-33-59(66)60-34-16-20-39-67(60)75)46-57-48-72-63-45-43-56(76-68-40-21-17-35-61(68)62-36-18-22-41-69(62)76)47-70(63)77(55-31-13-6-14-32-55)71(64(72)49-74(57)54-29-11-5-12-30-54)58(50-24-7-3-8-25-50)44-42-52-28-23-37-65(73-52)51-26-9-4-10-27-51/h2-49H,1H2/b44-42+,53-46+,71-58-. The first-order valence-electron chi connectivity index (χ1n) is 26.3. The first-order valence-corrected chi connectivity index (χ1v) is 26.3. The highest BCUT2D eigenvalue weighted by Gasteiger charge is 2.40. The molecule has 0 radical (unpaired) electrons. The first kappa shape index (κ1) is 45.4. The van der Waals surface area contributed by atoms with Crippen LogP contribution in [0, 0.1) is 0 Å². The summed E-state index contributed by atoms with van der Waals surface area (Å²) < 4.78 is 4.78. The van der Waals surface area contributed by atoms with E-state index in [2.05, 4.69) is 305 Å². The van der Waals surface area contributed by atoms with E-state index in [-0.39, 0.29) is 6.71 Å². The average molecular weight is 984 g/mol. The number of hydrogen-bond acceptors (Lipinski definition) is 3. The minimum Gasteiger partial charge on any atom is -0.319 e. The van der Waals surface area contributed by atoms with Crippen LogP contribution >= 0.6 is 0 Å². The van der Waals surface area contributed by atoms with Gasteiger partial charge >= 0.3 is 0 Å². The molecule has 0 bridgehead atoms. The van der Waals surface area contributed by atoms with Gasteiger partial charge in [0.25, 0.3) is 0 Å². The van der Waals surface area contributed by atoms with Crippen molar-refractivity contribution in [1.82, 2.24) is 14.1 Å². The summed E-state index contributed by atoms with van der Waals surface area (Å²) in [6.45, 7) is 4.30. The average Bonchev–Trinajstić information content (AvgIpc) is 4.13. The van der Waals surface area contributed by atoms with E-state index in [0.717, 1.165) is 95.5 Å². The summed E-state index contributed by atoms with van der Waals surface area (Å²) in [5, 5.41) is 4.86. The maximum absolute atomic E-state index is 5.22. The van der Waals surface area contributed by atoms with E-state index in [0.29, 0.717) is 0 Å². The van der Waals surface area contributed by atoms with Crippen molar-refractivity contribution in [3.63, 3.8) is 0 Å². The van der Waals surface area contributed by atoms with Gasteiger partial charge in [-0.3, -0.25) is 0 Å². The summed E-state index contributed by atoms with van der Waals surface area (Å²) in [4.78, 5) is 10.1. The number of allylic oxidation sites excluding steroid dienone is 6. The summed E-state index contributed by atoms with van der Waals surface area (Å²) in [6.07, 6.45) is 11.2. The van der Waals surface area contributed by atoms with Crippen molar-refractivity contribution in [1.29, 1.82) is 0 Å². The van der Waals surface area contributed by atoms with Crippen LogP contribution in [0.3, 0.4) is 0 Å². The number of para-hydroxylation sites is 6. The first-order chi connectivity index (χ1) is 38.2. The van der Waals surface area contributed by atoms with E-state index in [1.807, 2.05) is 12.1 Å². The molecule has 0 aliphatic carbocycles. The molecule has 9 aromatic carbocycles. The van der Waals surface area contributed by atoms with Crippen molar-refractivity contribution >= 4 is 90.2 Å². The molecule has 12 aromatic rings. The van der Waals surface area contributed by atoms with Crippen LogP contribution in [0.25, 0.3) is 77.9 Å². The van der Waals surface area contributed by atoms with Crippen molar-refractivity contribution in [3.8, 4) is 16.9 Å². The number of fused-ring (bicyclic) bond motifs is 9. The highest BCUT2D eigenvalue weighted by atomic mass is 15.2. The molecule has 2 aliphatic heterocycles. The summed E-state index contributed by atoms with van der Waals surface area (Å²) in [5.74, 6) is 2.47. The largest absolute Gasteiger partial charge is 0.319 e. The minimum absolute atomic E-state index is 0.186. The minimum atomic E-state index is -0.186. The Hall–Kier alpha value is -10.2. The van der Waals surface area contributed by atoms with Crippen LogP contribution in [-0.2, 0) is 0 Å². The highest BCUT2D eigenvalue weighted by molar-refractivity contribution is 6.87. The van der Waals surface area contributed by atoms with E-state index in [9.17, 15) is 0 Å². The second kappa shape index (κ2) is 19.3. The molecule has 0 saturated heterocycles. The van der Waals surface area contributed by atoms with Gasteiger partial charge in [0.15, 0.2) is 0 Å². The second-order valence-corrected chi connectivity index (χ2v) is 19.6. The molecule has 0 fully saturated rings. The van der Waals surface area contributed by atoms with Crippen LogP contribution in [0.2, 0.25) is 0 Å². The Morgan fingerprint density at radius 3 is 1.66 bits per heavy atom. The van der Waals surface area contributed by atoms with Gasteiger partial charge in [0.2, 0.25) is 6.71 Å². The number of hydrogen-bond donors (Lipinski definition) is 0. The van der Waals surface area contributed by atoms with Crippen LogP contribution in [-0.4, -0.2) is 20.8 Å². The van der Waals surface area contributed by atoms with Gasteiger partial charge in [-0.1, -0.05) is 201 Å². The SMILES string of the molecule is C=C/C(=C\C1=CB2C(=CN1c1ccccc1)/C(=C(\C=C\c1cccc(-c3ccccc3)n1)c1ccccc1)N(c1ccccc1)c1cc(-n3c4ccccc4c4ccccc43)ccc12)n1c2ccccc2c2ccccc21. The molecule has 0 atom stereocenters. The quantitative estimate of drug-likeness (QED) is 0.101. The van der Waals surface area contributed by atoms with Crippen LogP contribution in [0.4, 0.5) is 17.1 Å². The molecule has 0 spiro atoms. The maximum atomic E-state index is 5.22. The van der Waals surface area contributed by atoms with Crippen molar-refractivity contribution in [2.75, 3.05) is 9.80 Å². The summed E-state index contributed by atoms with van der Waals surface area (Å²) in [7, 11) is 0. The third kappa shape index (κ3) is 7.94. The van der Waals surface area contributed by atoms with Crippen LogP contribution in [0.15, 0.2) is 309 Å². The number of aromatic nitrogens is 3. The Labute approximate surface area is 448 Å². The monoisotopic (exact) mass is 983 g/mol. The van der Waals surface area contributed by atoms with Crippen molar-refractivity contribution < 1.29 is 0 Å². The van der Waals surface area contributed by atoms with E-state index in [1.165, 1.54) is 27.0 Å². The van der Waals surface area contributed by atoms with Gasteiger partial charge in [0.1, 0.15) is 0 Å². The van der Waals surface area contributed by atoms with E-state index >= 15 is 0 Å². The normalized spacial score (nSPS) is 14.3. The van der Waals surface area contributed by atoms with Gasteiger partial charge in [-0.05, 0) is 108 Å². The topological polar surface area (TPSA) is 29.2 Å². The molecule has 3 aromatic heterocycles. The molecule has 0 saturated carbocycles. The zero-order valence-electron chi connectivity index (χ0n) is 42.2. The molecule has 2 aliphatic rings. The van der Waals surface area contributed by atoms with Crippen molar-refractivity contribution in [2.45, 2.75) is 0 Å². The molecule has 5 nitrogen and oxygen atoms in total. The molecule has 77 heavy (non-hydrogen) atoms. The molecule has 0 unspecified atom stereocenters. The molecular formula is C71H50BN5. The van der Waals surface area contributed by atoms with Gasteiger partial charge in [-0.2, -0.15) is 0 Å². The molecule has 14 rings (SSSR count). The van der Waals surface area contributed by atoms with Crippen LogP contribution in [0.5, 0.6) is 0 Å². The van der Waals surface area contributed by atoms with Crippen molar-refractivity contribution in [3.05, 3.63) is 320 Å². The van der Waals surface area contributed by atoms with Crippen molar-refractivity contribution in [2.24, 2.45) is 0 Å². The van der Waals surface area contributed by atoms with Gasteiger partial charge < -0.3 is 18.9 Å². The molecule has 6 heteroatoms. The zero-order valence-corrected chi connectivity index (χ0v) is 42.2. The number of rotatable bonds is 10. The molecule has 0 amide bonds.